The lowest BCUT2D eigenvalue weighted by atomic mass is 10.0. The van der Waals surface area contributed by atoms with Gasteiger partial charge in [-0.3, -0.25) is 4.98 Å². The molecule has 21 heavy (non-hydrogen) atoms. The number of fused-ring (bicyclic) bond motifs is 1. The fourth-order valence-corrected chi connectivity index (χ4v) is 2.29. The summed E-state index contributed by atoms with van der Waals surface area (Å²) in [6.07, 6.45) is 1.64. The smallest absolute Gasteiger partial charge is 0.159 e. The Morgan fingerprint density at radius 2 is 1.76 bits per heavy atom. The molecular formula is C16H13F2N3. The maximum absolute atomic E-state index is 13.4. The minimum Gasteiger partial charge on any atom is -0.308 e. The van der Waals surface area contributed by atoms with Crippen molar-refractivity contribution in [1.82, 2.24) is 15.3 Å². The van der Waals surface area contributed by atoms with Crippen molar-refractivity contribution in [2.75, 3.05) is 7.05 Å². The monoisotopic (exact) mass is 285 g/mol. The van der Waals surface area contributed by atoms with Crippen molar-refractivity contribution in [1.29, 1.82) is 0 Å². The SMILES string of the molecule is CNC(c1ccc(F)c(F)c1)c1cnc2ccccc2n1. The molecule has 0 radical (unpaired) electrons. The fraction of sp³-hybridized carbons (Fsp3) is 0.125. The summed E-state index contributed by atoms with van der Waals surface area (Å²) in [4.78, 5) is 8.88. The van der Waals surface area contributed by atoms with Crippen LogP contribution in [0.25, 0.3) is 11.0 Å². The number of halogens is 2. The molecule has 0 bridgehead atoms. The molecule has 2 aromatic carbocycles. The first-order valence-electron chi connectivity index (χ1n) is 6.53. The summed E-state index contributed by atoms with van der Waals surface area (Å²) in [7, 11) is 1.74. The Labute approximate surface area is 120 Å². The molecule has 106 valence electrons. The van der Waals surface area contributed by atoms with E-state index in [9.17, 15) is 8.78 Å². The van der Waals surface area contributed by atoms with Crippen LogP contribution in [-0.4, -0.2) is 17.0 Å². The normalized spacial score (nSPS) is 12.5. The standard InChI is InChI=1S/C16H13F2N3/c1-19-16(10-6-7-11(17)12(18)8-10)15-9-20-13-4-2-3-5-14(13)21-15/h2-9,16,19H,1H3. The molecule has 0 amide bonds. The van der Waals surface area contributed by atoms with Crippen molar-refractivity contribution in [3.05, 3.63) is 71.6 Å². The van der Waals surface area contributed by atoms with Gasteiger partial charge in [-0.15, -0.1) is 0 Å². The lowest BCUT2D eigenvalue weighted by molar-refractivity contribution is 0.504. The third-order valence-electron chi connectivity index (χ3n) is 3.33. The first-order chi connectivity index (χ1) is 10.2. The average Bonchev–Trinajstić information content (AvgIpc) is 2.51. The van der Waals surface area contributed by atoms with E-state index in [1.165, 1.54) is 12.1 Å². The van der Waals surface area contributed by atoms with Crippen molar-refractivity contribution in [3.8, 4) is 0 Å². The topological polar surface area (TPSA) is 37.8 Å². The summed E-state index contributed by atoms with van der Waals surface area (Å²) in [6.45, 7) is 0. The van der Waals surface area contributed by atoms with Crippen LogP contribution in [0.3, 0.4) is 0 Å². The van der Waals surface area contributed by atoms with Gasteiger partial charge in [0.05, 0.1) is 29.0 Å². The molecule has 0 saturated carbocycles. The van der Waals surface area contributed by atoms with Crippen LogP contribution < -0.4 is 5.32 Å². The molecular weight excluding hydrogens is 272 g/mol. The molecule has 0 fully saturated rings. The number of hydrogen-bond acceptors (Lipinski definition) is 3. The molecule has 0 aliphatic heterocycles. The Morgan fingerprint density at radius 1 is 1.00 bits per heavy atom. The number of aromatic nitrogens is 2. The zero-order valence-corrected chi connectivity index (χ0v) is 11.3. The molecule has 1 unspecified atom stereocenters. The van der Waals surface area contributed by atoms with Gasteiger partial charge >= 0.3 is 0 Å². The third-order valence-corrected chi connectivity index (χ3v) is 3.33. The van der Waals surface area contributed by atoms with E-state index in [0.29, 0.717) is 11.3 Å². The summed E-state index contributed by atoms with van der Waals surface area (Å²) < 4.78 is 26.5. The molecule has 5 heteroatoms. The molecule has 1 N–H and O–H groups in total. The third kappa shape index (κ3) is 2.60. The van der Waals surface area contributed by atoms with Crippen LogP contribution in [0.1, 0.15) is 17.3 Å². The van der Waals surface area contributed by atoms with Crippen LogP contribution in [0.4, 0.5) is 8.78 Å². The zero-order valence-electron chi connectivity index (χ0n) is 11.3. The van der Waals surface area contributed by atoms with Gasteiger partial charge in [-0.2, -0.15) is 0 Å². The quantitative estimate of drug-likeness (QED) is 0.803. The Kier molecular flexibility index (Phi) is 3.58. The van der Waals surface area contributed by atoms with Gasteiger partial charge in [0.25, 0.3) is 0 Å². The minimum atomic E-state index is -0.874. The Hall–Kier alpha value is -2.40. The first kappa shape index (κ1) is 13.6. The number of hydrogen-bond donors (Lipinski definition) is 1. The predicted molar refractivity (Wildman–Crippen MR) is 76.8 cm³/mol. The van der Waals surface area contributed by atoms with E-state index in [0.717, 1.165) is 17.1 Å². The predicted octanol–water partition coefficient (Wildman–Crippen LogP) is 3.22. The fourth-order valence-electron chi connectivity index (χ4n) is 2.29. The maximum atomic E-state index is 13.4. The van der Waals surface area contributed by atoms with Gasteiger partial charge in [-0.05, 0) is 36.9 Å². The van der Waals surface area contributed by atoms with Gasteiger partial charge in [0, 0.05) is 0 Å². The van der Waals surface area contributed by atoms with E-state index >= 15 is 0 Å². The second-order valence-electron chi connectivity index (χ2n) is 4.68. The van der Waals surface area contributed by atoms with Gasteiger partial charge in [0.1, 0.15) is 0 Å². The van der Waals surface area contributed by atoms with E-state index in [1.807, 2.05) is 24.3 Å². The number of benzene rings is 2. The Bertz CT molecular complexity index is 789. The molecule has 0 spiro atoms. The number of rotatable bonds is 3. The lowest BCUT2D eigenvalue weighted by Crippen LogP contribution is -2.19. The van der Waals surface area contributed by atoms with Crippen LogP contribution in [0.5, 0.6) is 0 Å². The minimum absolute atomic E-state index is 0.350. The molecule has 0 saturated heterocycles. The highest BCUT2D eigenvalue weighted by atomic mass is 19.2. The van der Waals surface area contributed by atoms with Crippen LogP contribution in [-0.2, 0) is 0 Å². The molecule has 1 heterocycles. The van der Waals surface area contributed by atoms with Crippen molar-refractivity contribution >= 4 is 11.0 Å². The van der Waals surface area contributed by atoms with E-state index in [2.05, 4.69) is 15.3 Å². The summed E-state index contributed by atoms with van der Waals surface area (Å²) in [6, 6.07) is 11.0. The van der Waals surface area contributed by atoms with Gasteiger partial charge in [-0.25, -0.2) is 13.8 Å². The Balaban J connectivity index is 2.06. The second-order valence-corrected chi connectivity index (χ2v) is 4.68. The molecule has 0 aliphatic rings. The van der Waals surface area contributed by atoms with E-state index in [1.54, 1.807) is 13.2 Å². The van der Waals surface area contributed by atoms with Crippen molar-refractivity contribution in [3.63, 3.8) is 0 Å². The van der Waals surface area contributed by atoms with Gasteiger partial charge < -0.3 is 5.32 Å². The van der Waals surface area contributed by atoms with Crippen molar-refractivity contribution in [2.24, 2.45) is 0 Å². The van der Waals surface area contributed by atoms with Crippen molar-refractivity contribution < 1.29 is 8.78 Å². The van der Waals surface area contributed by atoms with Crippen LogP contribution >= 0.6 is 0 Å². The summed E-state index contributed by atoms with van der Waals surface area (Å²) in [5.74, 6) is -1.74. The number of nitrogens with zero attached hydrogens (tertiary/aromatic N) is 2. The van der Waals surface area contributed by atoms with Crippen LogP contribution in [0.15, 0.2) is 48.7 Å². The highest BCUT2D eigenvalue weighted by Gasteiger charge is 2.16. The van der Waals surface area contributed by atoms with Gasteiger partial charge in [0.2, 0.25) is 0 Å². The lowest BCUT2D eigenvalue weighted by Gasteiger charge is -2.16. The average molecular weight is 285 g/mol. The first-order valence-corrected chi connectivity index (χ1v) is 6.53. The number of nitrogens with one attached hydrogen (secondary N) is 1. The molecule has 1 atom stereocenters. The number of para-hydroxylation sites is 2. The van der Waals surface area contributed by atoms with E-state index in [-0.39, 0.29) is 6.04 Å². The second kappa shape index (κ2) is 5.54. The molecule has 3 rings (SSSR count). The van der Waals surface area contributed by atoms with Crippen molar-refractivity contribution in [2.45, 2.75) is 6.04 Å². The Morgan fingerprint density at radius 3 is 2.48 bits per heavy atom. The van der Waals surface area contributed by atoms with E-state index < -0.39 is 11.6 Å². The van der Waals surface area contributed by atoms with Gasteiger partial charge in [-0.1, -0.05) is 18.2 Å². The molecule has 0 aliphatic carbocycles. The van der Waals surface area contributed by atoms with Gasteiger partial charge in [0.15, 0.2) is 11.6 Å². The highest BCUT2D eigenvalue weighted by molar-refractivity contribution is 5.73. The molecule has 3 aromatic rings. The summed E-state index contributed by atoms with van der Waals surface area (Å²) >= 11 is 0. The summed E-state index contributed by atoms with van der Waals surface area (Å²) in [5.41, 5.74) is 2.81. The van der Waals surface area contributed by atoms with Crippen LogP contribution in [0.2, 0.25) is 0 Å². The maximum Gasteiger partial charge on any atom is 0.159 e. The largest absolute Gasteiger partial charge is 0.308 e. The summed E-state index contributed by atoms with van der Waals surface area (Å²) in [5, 5.41) is 3.05. The van der Waals surface area contributed by atoms with Crippen LogP contribution in [0, 0.1) is 11.6 Å². The highest BCUT2D eigenvalue weighted by Crippen LogP contribution is 2.22. The molecule has 3 nitrogen and oxygen atoms in total. The zero-order chi connectivity index (χ0) is 14.8. The van der Waals surface area contributed by atoms with E-state index in [4.69, 9.17) is 0 Å². The molecule has 1 aromatic heterocycles.